The van der Waals surface area contributed by atoms with Crippen LogP contribution in [0.15, 0.2) is 48.5 Å². The first-order valence-electron chi connectivity index (χ1n) is 8.26. The lowest BCUT2D eigenvalue weighted by Gasteiger charge is -2.19. The fraction of sp³-hybridized carbons (Fsp3) is 0.300. The van der Waals surface area contributed by atoms with Crippen molar-refractivity contribution in [3.63, 3.8) is 0 Å². The van der Waals surface area contributed by atoms with Crippen LogP contribution in [0.25, 0.3) is 11.0 Å². The number of rotatable bonds is 4. The number of nitrogens with zero attached hydrogens (tertiary/aromatic N) is 1. The average molecular weight is 321 g/mol. The zero-order chi connectivity index (χ0) is 17.2. The normalized spacial score (nSPS) is 11.6. The summed E-state index contributed by atoms with van der Waals surface area (Å²) in [6.07, 6.45) is 1.16. The first-order chi connectivity index (χ1) is 11.4. The minimum atomic E-state index is -0.0334. The van der Waals surface area contributed by atoms with Crippen molar-refractivity contribution in [2.45, 2.75) is 39.0 Å². The number of para-hydroxylation sites is 2. The molecule has 0 atom stereocenters. The minimum Gasteiger partial charge on any atom is -0.324 e. The molecule has 1 aromatic heterocycles. The number of imidazole rings is 1. The Morgan fingerprint density at radius 2 is 1.79 bits per heavy atom. The molecule has 0 unspecified atom stereocenters. The van der Waals surface area contributed by atoms with Crippen molar-refractivity contribution in [2.75, 3.05) is 5.32 Å². The third-order valence-electron chi connectivity index (χ3n) is 4.11. The molecule has 0 aliphatic carbocycles. The van der Waals surface area contributed by atoms with Gasteiger partial charge in [-0.15, -0.1) is 0 Å². The summed E-state index contributed by atoms with van der Waals surface area (Å²) in [5, 5.41) is 2.83. The van der Waals surface area contributed by atoms with Crippen LogP contribution in [0.1, 0.15) is 38.3 Å². The molecule has 1 heterocycles. The standard InChI is InChI=1S/C20H23N3O/c1-20(2,3)15-11-8-14(9-12-15)10-13-18(24)23-19-21-16-6-4-5-7-17(16)22-19/h4-9,11-12H,10,13H2,1-3H3,(H2,21,22,23,24). The summed E-state index contributed by atoms with van der Waals surface area (Å²) in [4.78, 5) is 19.6. The van der Waals surface area contributed by atoms with Crippen LogP contribution >= 0.6 is 0 Å². The predicted octanol–water partition coefficient (Wildman–Crippen LogP) is 4.43. The quantitative estimate of drug-likeness (QED) is 0.747. The lowest BCUT2D eigenvalue weighted by molar-refractivity contribution is -0.116. The van der Waals surface area contributed by atoms with E-state index in [1.54, 1.807) is 0 Å². The number of anilines is 1. The average Bonchev–Trinajstić information content (AvgIpc) is 2.94. The van der Waals surface area contributed by atoms with Crippen molar-refractivity contribution in [1.29, 1.82) is 0 Å². The molecule has 124 valence electrons. The van der Waals surface area contributed by atoms with Crippen molar-refractivity contribution >= 4 is 22.9 Å². The smallest absolute Gasteiger partial charge is 0.227 e. The zero-order valence-corrected chi connectivity index (χ0v) is 14.4. The van der Waals surface area contributed by atoms with Gasteiger partial charge in [-0.3, -0.25) is 10.1 Å². The van der Waals surface area contributed by atoms with E-state index in [-0.39, 0.29) is 11.3 Å². The van der Waals surface area contributed by atoms with Gasteiger partial charge in [0.25, 0.3) is 0 Å². The van der Waals surface area contributed by atoms with Gasteiger partial charge in [0.2, 0.25) is 11.9 Å². The molecule has 0 saturated heterocycles. The molecule has 4 heteroatoms. The maximum Gasteiger partial charge on any atom is 0.227 e. The monoisotopic (exact) mass is 321 g/mol. The van der Waals surface area contributed by atoms with E-state index in [4.69, 9.17) is 0 Å². The van der Waals surface area contributed by atoms with Crippen LogP contribution in [-0.2, 0) is 16.6 Å². The molecule has 1 amide bonds. The Balaban J connectivity index is 1.57. The number of aryl methyl sites for hydroxylation is 1. The van der Waals surface area contributed by atoms with E-state index in [9.17, 15) is 4.79 Å². The van der Waals surface area contributed by atoms with Gasteiger partial charge in [-0.05, 0) is 35.1 Å². The number of amides is 1. The molecule has 0 bridgehead atoms. The molecule has 0 aliphatic rings. The highest BCUT2D eigenvalue weighted by Gasteiger charge is 2.13. The molecule has 0 fully saturated rings. The summed E-state index contributed by atoms with van der Waals surface area (Å²) in [5.41, 5.74) is 4.40. The van der Waals surface area contributed by atoms with E-state index in [0.717, 1.165) is 17.5 Å². The van der Waals surface area contributed by atoms with E-state index in [1.165, 1.54) is 11.1 Å². The number of aromatic amines is 1. The Kier molecular flexibility index (Phi) is 4.38. The van der Waals surface area contributed by atoms with Gasteiger partial charge in [0, 0.05) is 6.42 Å². The van der Waals surface area contributed by atoms with E-state index in [0.29, 0.717) is 12.4 Å². The van der Waals surface area contributed by atoms with Crippen LogP contribution in [0.5, 0.6) is 0 Å². The van der Waals surface area contributed by atoms with E-state index in [2.05, 4.69) is 60.3 Å². The van der Waals surface area contributed by atoms with Crippen LogP contribution in [0.4, 0.5) is 5.95 Å². The maximum absolute atomic E-state index is 12.1. The Morgan fingerprint density at radius 3 is 2.46 bits per heavy atom. The third-order valence-corrected chi connectivity index (χ3v) is 4.11. The summed E-state index contributed by atoms with van der Waals surface area (Å²) in [7, 11) is 0. The Labute approximate surface area is 142 Å². The van der Waals surface area contributed by atoms with Crippen LogP contribution < -0.4 is 5.32 Å². The number of carbonyl (C=O) groups is 1. The van der Waals surface area contributed by atoms with Gasteiger partial charge in [-0.25, -0.2) is 4.98 Å². The highest BCUT2D eigenvalue weighted by molar-refractivity contribution is 5.91. The second kappa shape index (κ2) is 6.48. The summed E-state index contributed by atoms with van der Waals surface area (Å²) >= 11 is 0. The largest absolute Gasteiger partial charge is 0.324 e. The molecule has 2 N–H and O–H groups in total. The number of H-pyrrole nitrogens is 1. The molecule has 0 spiro atoms. The van der Waals surface area contributed by atoms with Gasteiger partial charge in [0.1, 0.15) is 0 Å². The predicted molar refractivity (Wildman–Crippen MR) is 98.2 cm³/mol. The molecule has 2 aromatic carbocycles. The fourth-order valence-electron chi connectivity index (χ4n) is 2.64. The number of nitrogens with one attached hydrogen (secondary N) is 2. The van der Waals surface area contributed by atoms with Gasteiger partial charge in [0.15, 0.2) is 0 Å². The van der Waals surface area contributed by atoms with E-state index >= 15 is 0 Å². The summed E-state index contributed by atoms with van der Waals surface area (Å²) < 4.78 is 0. The molecule has 3 aromatic rings. The van der Waals surface area contributed by atoms with Crippen molar-refractivity contribution in [3.05, 3.63) is 59.7 Å². The topological polar surface area (TPSA) is 57.8 Å². The number of hydrogen-bond donors (Lipinski definition) is 2. The highest BCUT2D eigenvalue weighted by Crippen LogP contribution is 2.22. The first kappa shape index (κ1) is 16.2. The summed E-state index contributed by atoms with van der Waals surface area (Å²) in [5.74, 6) is 0.471. The van der Waals surface area contributed by atoms with Gasteiger partial charge in [0.05, 0.1) is 11.0 Å². The molecular weight excluding hydrogens is 298 g/mol. The Morgan fingerprint density at radius 1 is 1.08 bits per heavy atom. The van der Waals surface area contributed by atoms with Crippen LogP contribution in [-0.4, -0.2) is 15.9 Å². The van der Waals surface area contributed by atoms with Crippen molar-refractivity contribution in [1.82, 2.24) is 9.97 Å². The lowest BCUT2D eigenvalue weighted by Crippen LogP contribution is -2.13. The second-order valence-corrected chi connectivity index (χ2v) is 7.10. The van der Waals surface area contributed by atoms with Gasteiger partial charge < -0.3 is 4.98 Å². The van der Waals surface area contributed by atoms with Crippen LogP contribution in [0.3, 0.4) is 0 Å². The number of hydrogen-bond acceptors (Lipinski definition) is 2. The number of fused-ring (bicyclic) bond motifs is 1. The second-order valence-electron chi connectivity index (χ2n) is 7.10. The van der Waals surface area contributed by atoms with E-state index < -0.39 is 0 Å². The molecular formula is C20H23N3O. The molecule has 3 rings (SSSR count). The van der Waals surface area contributed by atoms with Gasteiger partial charge >= 0.3 is 0 Å². The highest BCUT2D eigenvalue weighted by atomic mass is 16.1. The first-order valence-corrected chi connectivity index (χ1v) is 8.26. The molecule has 0 radical (unpaired) electrons. The van der Waals surface area contributed by atoms with Crippen molar-refractivity contribution in [3.8, 4) is 0 Å². The zero-order valence-electron chi connectivity index (χ0n) is 14.4. The summed E-state index contributed by atoms with van der Waals surface area (Å²) in [6.45, 7) is 6.59. The Bertz CT molecular complexity index is 808. The Hall–Kier alpha value is -2.62. The number of benzene rings is 2. The summed E-state index contributed by atoms with van der Waals surface area (Å²) in [6, 6.07) is 16.2. The van der Waals surface area contributed by atoms with Crippen molar-refractivity contribution in [2.24, 2.45) is 0 Å². The van der Waals surface area contributed by atoms with Gasteiger partial charge in [-0.1, -0.05) is 57.2 Å². The maximum atomic E-state index is 12.1. The number of aromatic nitrogens is 2. The van der Waals surface area contributed by atoms with Crippen molar-refractivity contribution < 1.29 is 4.79 Å². The third kappa shape index (κ3) is 3.82. The molecule has 4 nitrogen and oxygen atoms in total. The molecule has 0 aliphatic heterocycles. The fourth-order valence-corrected chi connectivity index (χ4v) is 2.64. The number of carbonyl (C=O) groups excluding carboxylic acids is 1. The molecule has 24 heavy (non-hydrogen) atoms. The van der Waals surface area contributed by atoms with Gasteiger partial charge in [-0.2, -0.15) is 0 Å². The SMILES string of the molecule is CC(C)(C)c1ccc(CCC(=O)Nc2nc3ccccc3[nH]2)cc1. The van der Waals surface area contributed by atoms with E-state index in [1.807, 2.05) is 24.3 Å². The lowest BCUT2D eigenvalue weighted by atomic mass is 9.86. The molecule has 0 saturated carbocycles. The van der Waals surface area contributed by atoms with Crippen LogP contribution in [0, 0.1) is 0 Å². The minimum absolute atomic E-state index is 0.0334. The van der Waals surface area contributed by atoms with Crippen LogP contribution in [0.2, 0.25) is 0 Å².